The highest BCUT2D eigenvalue weighted by Crippen LogP contribution is 2.19. The van der Waals surface area contributed by atoms with Gasteiger partial charge in [-0.05, 0) is 55.4 Å². The minimum absolute atomic E-state index is 0.0925. The Labute approximate surface area is 212 Å². The maximum atomic E-state index is 12.9. The molecule has 35 heavy (non-hydrogen) atoms. The van der Waals surface area contributed by atoms with Crippen LogP contribution in [0.25, 0.3) is 10.9 Å². The van der Waals surface area contributed by atoms with Gasteiger partial charge in [0, 0.05) is 49.2 Å². The number of hydrogen-bond donors (Lipinski definition) is 2. The van der Waals surface area contributed by atoms with Gasteiger partial charge >= 0.3 is 0 Å². The molecule has 0 radical (unpaired) electrons. The third-order valence-electron chi connectivity index (χ3n) is 6.17. The fourth-order valence-corrected chi connectivity index (χ4v) is 4.48. The van der Waals surface area contributed by atoms with E-state index in [-0.39, 0.29) is 5.56 Å². The zero-order chi connectivity index (χ0) is 24.5. The largest absolute Gasteiger partial charge is 0.494 e. The highest BCUT2D eigenvalue weighted by molar-refractivity contribution is 7.80. The van der Waals surface area contributed by atoms with E-state index in [2.05, 4.69) is 32.2 Å². The Morgan fingerprint density at radius 2 is 1.97 bits per heavy atom. The van der Waals surface area contributed by atoms with E-state index in [1.165, 1.54) is 5.56 Å². The van der Waals surface area contributed by atoms with Gasteiger partial charge in [-0.15, -0.1) is 0 Å². The smallest absolute Gasteiger partial charge is 0.253 e. The van der Waals surface area contributed by atoms with Gasteiger partial charge < -0.3 is 24.7 Å². The summed E-state index contributed by atoms with van der Waals surface area (Å²) >= 11 is 5.79. The molecule has 0 amide bonds. The number of H-pyrrole nitrogens is 1. The number of morpholine rings is 1. The third-order valence-corrected chi connectivity index (χ3v) is 6.58. The monoisotopic (exact) mass is 494 g/mol. The molecule has 0 saturated carbocycles. The van der Waals surface area contributed by atoms with Crippen molar-refractivity contribution in [2.75, 3.05) is 52.5 Å². The van der Waals surface area contributed by atoms with Crippen LogP contribution in [-0.2, 0) is 17.7 Å². The molecule has 8 heteroatoms. The highest BCUT2D eigenvalue weighted by Gasteiger charge is 2.17. The molecule has 2 aromatic carbocycles. The van der Waals surface area contributed by atoms with Crippen LogP contribution in [0.5, 0.6) is 5.75 Å². The van der Waals surface area contributed by atoms with Crippen molar-refractivity contribution in [3.05, 3.63) is 76.1 Å². The molecule has 3 aromatic rings. The number of nitrogens with zero attached hydrogens (tertiary/aromatic N) is 2. The molecule has 1 saturated heterocycles. The second-order valence-corrected chi connectivity index (χ2v) is 9.04. The number of aromatic amines is 1. The van der Waals surface area contributed by atoms with Crippen molar-refractivity contribution in [3.63, 3.8) is 0 Å². The predicted octanol–water partition coefficient (Wildman–Crippen LogP) is 3.18. The minimum atomic E-state index is -0.0925. The average molecular weight is 495 g/mol. The van der Waals surface area contributed by atoms with Crippen LogP contribution in [-0.4, -0.2) is 72.4 Å². The quantitative estimate of drug-likeness (QED) is 0.420. The topological polar surface area (TPSA) is 69.8 Å². The summed E-state index contributed by atoms with van der Waals surface area (Å²) in [6.07, 6.45) is 0.884. The number of thiocarbonyl (C=S) groups is 1. The summed E-state index contributed by atoms with van der Waals surface area (Å²) in [6.45, 7) is 8.67. The minimum Gasteiger partial charge on any atom is -0.494 e. The molecule has 2 N–H and O–H groups in total. The highest BCUT2D eigenvalue weighted by atomic mass is 32.1. The molecule has 1 fully saturated rings. The molecule has 0 unspecified atom stereocenters. The lowest BCUT2D eigenvalue weighted by Gasteiger charge is -2.31. The summed E-state index contributed by atoms with van der Waals surface area (Å²) in [4.78, 5) is 20.4. The number of benzene rings is 2. The first kappa shape index (κ1) is 25.2. The van der Waals surface area contributed by atoms with Crippen molar-refractivity contribution >= 4 is 28.2 Å². The summed E-state index contributed by atoms with van der Waals surface area (Å²) < 4.78 is 11.1. The van der Waals surface area contributed by atoms with E-state index in [4.69, 9.17) is 21.7 Å². The molecule has 0 aliphatic carbocycles. The van der Waals surface area contributed by atoms with Crippen LogP contribution < -0.4 is 15.6 Å². The van der Waals surface area contributed by atoms with Gasteiger partial charge in [-0.25, -0.2) is 0 Å². The molecule has 1 aliphatic heterocycles. The Balaban J connectivity index is 1.48. The van der Waals surface area contributed by atoms with Crippen LogP contribution in [0.2, 0.25) is 0 Å². The molecule has 186 valence electrons. The number of ether oxygens (including phenoxy) is 2. The number of pyridine rings is 1. The van der Waals surface area contributed by atoms with Crippen molar-refractivity contribution < 1.29 is 9.47 Å². The molecule has 1 aliphatic rings. The number of nitrogens with one attached hydrogen (secondary N) is 2. The van der Waals surface area contributed by atoms with E-state index in [0.717, 1.165) is 69.0 Å². The first-order chi connectivity index (χ1) is 17.1. The standard InChI is InChI=1S/C27H34N4O3S/c1-2-34-24-8-9-25-22(19-24)18-23(26(32)29-25)20-31(13-12-30-14-16-33-17-15-30)27(35)28-11-10-21-6-4-3-5-7-21/h3-9,18-19H,2,10-17,20H2,1H3,(H,28,35)(H,29,32). The van der Waals surface area contributed by atoms with E-state index in [0.29, 0.717) is 23.8 Å². The summed E-state index contributed by atoms with van der Waals surface area (Å²) in [5, 5.41) is 5.01. The van der Waals surface area contributed by atoms with Crippen molar-refractivity contribution in [3.8, 4) is 5.75 Å². The lowest BCUT2D eigenvalue weighted by molar-refractivity contribution is 0.0357. The Bertz CT molecular complexity index is 1160. The Morgan fingerprint density at radius 1 is 1.17 bits per heavy atom. The van der Waals surface area contributed by atoms with Crippen molar-refractivity contribution in [2.24, 2.45) is 0 Å². The van der Waals surface area contributed by atoms with Gasteiger partial charge in [-0.2, -0.15) is 0 Å². The molecular formula is C27H34N4O3S. The summed E-state index contributed by atoms with van der Waals surface area (Å²) in [6, 6.07) is 18.0. The van der Waals surface area contributed by atoms with Gasteiger partial charge in [-0.3, -0.25) is 9.69 Å². The zero-order valence-electron chi connectivity index (χ0n) is 20.3. The normalized spacial score (nSPS) is 14.1. The van der Waals surface area contributed by atoms with Gasteiger partial charge in [0.1, 0.15) is 5.75 Å². The molecule has 2 heterocycles. The number of aromatic nitrogens is 1. The second-order valence-electron chi connectivity index (χ2n) is 8.65. The predicted molar refractivity (Wildman–Crippen MR) is 144 cm³/mol. The number of hydrogen-bond acceptors (Lipinski definition) is 5. The lowest BCUT2D eigenvalue weighted by Crippen LogP contribution is -2.46. The average Bonchev–Trinajstić information content (AvgIpc) is 2.88. The van der Waals surface area contributed by atoms with E-state index in [1.54, 1.807) is 0 Å². The van der Waals surface area contributed by atoms with Gasteiger partial charge in [0.25, 0.3) is 5.56 Å². The maximum Gasteiger partial charge on any atom is 0.253 e. The second kappa shape index (κ2) is 12.7. The number of rotatable bonds is 10. The van der Waals surface area contributed by atoms with Crippen LogP contribution in [0.4, 0.5) is 0 Å². The van der Waals surface area contributed by atoms with E-state index in [9.17, 15) is 4.79 Å². The van der Waals surface area contributed by atoms with Crippen LogP contribution in [0, 0.1) is 0 Å². The zero-order valence-corrected chi connectivity index (χ0v) is 21.1. The first-order valence-corrected chi connectivity index (χ1v) is 12.7. The fraction of sp³-hybridized carbons (Fsp3) is 0.407. The molecule has 4 rings (SSSR count). The van der Waals surface area contributed by atoms with Crippen molar-refractivity contribution in [2.45, 2.75) is 19.9 Å². The van der Waals surface area contributed by atoms with E-state index in [1.807, 2.05) is 49.4 Å². The van der Waals surface area contributed by atoms with Crippen LogP contribution in [0.15, 0.2) is 59.4 Å². The van der Waals surface area contributed by atoms with Crippen LogP contribution in [0.3, 0.4) is 0 Å². The molecule has 7 nitrogen and oxygen atoms in total. The van der Waals surface area contributed by atoms with Gasteiger partial charge in [-0.1, -0.05) is 30.3 Å². The van der Waals surface area contributed by atoms with Crippen molar-refractivity contribution in [1.82, 2.24) is 20.1 Å². The van der Waals surface area contributed by atoms with E-state index >= 15 is 0 Å². The van der Waals surface area contributed by atoms with Crippen molar-refractivity contribution in [1.29, 1.82) is 0 Å². The lowest BCUT2D eigenvalue weighted by atomic mass is 10.1. The molecular weight excluding hydrogens is 460 g/mol. The molecule has 1 aromatic heterocycles. The van der Waals surface area contributed by atoms with Crippen LogP contribution >= 0.6 is 12.2 Å². The van der Waals surface area contributed by atoms with E-state index < -0.39 is 0 Å². The SMILES string of the molecule is CCOc1ccc2[nH]c(=O)c(CN(CCN3CCOCC3)C(=S)NCCc3ccccc3)cc2c1. The summed E-state index contributed by atoms with van der Waals surface area (Å²) in [5.41, 5.74) is 2.65. The third kappa shape index (κ3) is 7.27. The molecule has 0 atom stereocenters. The Kier molecular flexibility index (Phi) is 9.11. The Hall–Kier alpha value is -2.94. The number of fused-ring (bicyclic) bond motifs is 1. The maximum absolute atomic E-state index is 12.9. The van der Waals surface area contributed by atoms with Gasteiger partial charge in [0.2, 0.25) is 0 Å². The molecule has 0 bridgehead atoms. The summed E-state index contributed by atoms with van der Waals surface area (Å²) in [5.74, 6) is 0.792. The van der Waals surface area contributed by atoms with Gasteiger partial charge in [0.15, 0.2) is 5.11 Å². The van der Waals surface area contributed by atoms with Crippen LogP contribution in [0.1, 0.15) is 18.1 Å². The summed E-state index contributed by atoms with van der Waals surface area (Å²) in [7, 11) is 0. The molecule has 0 spiro atoms. The van der Waals surface area contributed by atoms with Gasteiger partial charge in [0.05, 0.1) is 26.4 Å². The first-order valence-electron chi connectivity index (χ1n) is 12.3. The Morgan fingerprint density at radius 3 is 2.74 bits per heavy atom. The fourth-order valence-electron chi connectivity index (χ4n) is 4.22.